The van der Waals surface area contributed by atoms with Crippen LogP contribution in [0.3, 0.4) is 0 Å². The van der Waals surface area contributed by atoms with Crippen molar-refractivity contribution >= 4 is 23.2 Å². The molecule has 1 rings (SSSR count). The number of nitro groups is 1. The molecule has 0 fully saturated rings. The molecule has 19 heavy (non-hydrogen) atoms. The van der Waals surface area contributed by atoms with E-state index in [4.69, 9.17) is 16.3 Å². The van der Waals surface area contributed by atoms with E-state index in [0.717, 1.165) is 6.42 Å². The number of benzene rings is 1. The number of carbonyl (C=O) groups is 1. The number of ether oxygens (including phenoxy) is 1. The highest BCUT2D eigenvalue weighted by molar-refractivity contribution is 6.32. The van der Waals surface area contributed by atoms with Gasteiger partial charge in [0.25, 0.3) is 11.6 Å². The molecule has 0 aliphatic carbocycles. The predicted octanol–water partition coefficient (Wildman–Crippen LogP) is 2.54. The van der Waals surface area contributed by atoms with Gasteiger partial charge in [-0.2, -0.15) is 0 Å². The number of carbonyl (C=O) groups excluding carboxylic acids is 1. The molecular formula is C12H15ClN2O4. The minimum absolute atomic E-state index is 0.0726. The first kappa shape index (κ1) is 15.2. The number of halogens is 1. The number of nitro benzene ring substituents is 1. The van der Waals surface area contributed by atoms with E-state index in [-0.39, 0.29) is 35.0 Å². The molecule has 0 bridgehead atoms. The topological polar surface area (TPSA) is 81.5 Å². The molecule has 1 aromatic carbocycles. The van der Waals surface area contributed by atoms with Gasteiger partial charge in [-0.25, -0.2) is 0 Å². The lowest BCUT2D eigenvalue weighted by Gasteiger charge is -2.12. The lowest BCUT2D eigenvalue weighted by Crippen LogP contribution is -2.35. The number of hydrogen-bond donors (Lipinski definition) is 1. The molecule has 104 valence electrons. The number of non-ortho nitro benzene ring substituents is 1. The minimum Gasteiger partial charge on any atom is -0.482 e. The molecule has 1 amide bonds. The van der Waals surface area contributed by atoms with Crippen LogP contribution in [0.15, 0.2) is 18.2 Å². The Morgan fingerprint density at radius 1 is 1.58 bits per heavy atom. The molecular weight excluding hydrogens is 272 g/mol. The summed E-state index contributed by atoms with van der Waals surface area (Å²) >= 11 is 5.83. The zero-order valence-electron chi connectivity index (χ0n) is 10.7. The third kappa shape index (κ3) is 4.75. The summed E-state index contributed by atoms with van der Waals surface area (Å²) in [7, 11) is 0. The lowest BCUT2D eigenvalue weighted by molar-refractivity contribution is -0.384. The van der Waals surface area contributed by atoms with Crippen LogP contribution < -0.4 is 10.1 Å². The third-order valence-corrected chi connectivity index (χ3v) is 2.80. The van der Waals surface area contributed by atoms with Gasteiger partial charge in [0.05, 0.1) is 9.95 Å². The Morgan fingerprint density at radius 3 is 2.79 bits per heavy atom. The molecule has 1 atom stereocenters. The van der Waals surface area contributed by atoms with E-state index in [1.165, 1.54) is 18.2 Å². The Labute approximate surface area is 115 Å². The standard InChI is InChI=1S/C12H15ClN2O4/c1-3-8(2)14-12(16)7-19-11-5-4-9(15(17)18)6-10(11)13/h4-6,8H,3,7H2,1-2H3,(H,14,16)/t8-/m1/s1. The van der Waals surface area contributed by atoms with E-state index in [1.807, 2.05) is 13.8 Å². The van der Waals surface area contributed by atoms with Gasteiger partial charge >= 0.3 is 0 Å². The third-order valence-electron chi connectivity index (χ3n) is 2.50. The van der Waals surface area contributed by atoms with E-state index < -0.39 is 4.92 Å². The maximum absolute atomic E-state index is 11.5. The summed E-state index contributed by atoms with van der Waals surface area (Å²) < 4.78 is 5.21. The van der Waals surface area contributed by atoms with E-state index in [9.17, 15) is 14.9 Å². The van der Waals surface area contributed by atoms with Crippen molar-refractivity contribution in [2.75, 3.05) is 6.61 Å². The molecule has 0 aromatic heterocycles. The average molecular weight is 287 g/mol. The van der Waals surface area contributed by atoms with E-state index in [0.29, 0.717) is 0 Å². The van der Waals surface area contributed by atoms with Crippen molar-refractivity contribution in [3.8, 4) is 5.75 Å². The number of nitrogens with one attached hydrogen (secondary N) is 1. The minimum atomic E-state index is -0.550. The van der Waals surface area contributed by atoms with Crippen LogP contribution in [-0.4, -0.2) is 23.5 Å². The Balaban J connectivity index is 2.59. The quantitative estimate of drug-likeness (QED) is 0.643. The Bertz CT molecular complexity index is 479. The van der Waals surface area contributed by atoms with E-state index in [1.54, 1.807) is 0 Å². The predicted molar refractivity (Wildman–Crippen MR) is 71.5 cm³/mol. The second-order valence-corrected chi connectivity index (χ2v) is 4.44. The van der Waals surface area contributed by atoms with Crippen molar-refractivity contribution in [1.82, 2.24) is 5.32 Å². The summed E-state index contributed by atoms with van der Waals surface area (Å²) in [6.07, 6.45) is 0.823. The van der Waals surface area contributed by atoms with Crippen LogP contribution >= 0.6 is 11.6 Å². The van der Waals surface area contributed by atoms with Gasteiger partial charge in [0.2, 0.25) is 0 Å². The highest BCUT2D eigenvalue weighted by Gasteiger charge is 2.12. The average Bonchev–Trinajstić information content (AvgIpc) is 2.36. The van der Waals surface area contributed by atoms with Gasteiger partial charge in [-0.1, -0.05) is 18.5 Å². The monoisotopic (exact) mass is 286 g/mol. The van der Waals surface area contributed by atoms with Gasteiger partial charge in [-0.05, 0) is 19.4 Å². The summed E-state index contributed by atoms with van der Waals surface area (Å²) in [5.41, 5.74) is -0.124. The van der Waals surface area contributed by atoms with Crippen LogP contribution in [0, 0.1) is 10.1 Å². The second kappa shape index (κ2) is 6.94. The van der Waals surface area contributed by atoms with Gasteiger partial charge in [-0.15, -0.1) is 0 Å². The fourth-order valence-corrected chi connectivity index (χ4v) is 1.51. The fraction of sp³-hybridized carbons (Fsp3) is 0.417. The van der Waals surface area contributed by atoms with Gasteiger partial charge < -0.3 is 10.1 Å². The van der Waals surface area contributed by atoms with Gasteiger partial charge in [0.15, 0.2) is 6.61 Å². The summed E-state index contributed by atoms with van der Waals surface area (Å²) in [4.78, 5) is 21.5. The normalized spacial score (nSPS) is 11.7. The fourth-order valence-electron chi connectivity index (χ4n) is 1.28. The van der Waals surface area contributed by atoms with Crippen LogP contribution in [0.25, 0.3) is 0 Å². The summed E-state index contributed by atoms with van der Waals surface area (Å²) in [6.45, 7) is 3.66. The van der Waals surface area contributed by atoms with Crippen molar-refractivity contribution < 1.29 is 14.5 Å². The molecule has 0 spiro atoms. The number of hydrogen-bond acceptors (Lipinski definition) is 4. The lowest BCUT2D eigenvalue weighted by atomic mass is 10.2. The highest BCUT2D eigenvalue weighted by atomic mass is 35.5. The molecule has 0 aliphatic rings. The van der Waals surface area contributed by atoms with Gasteiger partial charge in [0, 0.05) is 18.2 Å². The van der Waals surface area contributed by atoms with Crippen LogP contribution in [0.1, 0.15) is 20.3 Å². The molecule has 7 heteroatoms. The second-order valence-electron chi connectivity index (χ2n) is 4.04. The van der Waals surface area contributed by atoms with Crippen molar-refractivity contribution in [1.29, 1.82) is 0 Å². The van der Waals surface area contributed by atoms with Crippen LogP contribution in [0.5, 0.6) is 5.75 Å². The van der Waals surface area contributed by atoms with Gasteiger partial charge in [-0.3, -0.25) is 14.9 Å². The molecule has 1 N–H and O–H groups in total. The molecule has 0 unspecified atom stereocenters. The zero-order valence-corrected chi connectivity index (χ0v) is 11.4. The Morgan fingerprint density at radius 2 is 2.26 bits per heavy atom. The largest absolute Gasteiger partial charge is 0.482 e. The molecule has 0 radical (unpaired) electrons. The summed E-state index contributed by atoms with van der Waals surface area (Å²) in [5.74, 6) is -0.0182. The van der Waals surface area contributed by atoms with Gasteiger partial charge in [0.1, 0.15) is 5.75 Å². The summed E-state index contributed by atoms with van der Waals surface area (Å²) in [5, 5.41) is 13.4. The van der Waals surface area contributed by atoms with Crippen molar-refractivity contribution in [2.45, 2.75) is 26.3 Å². The SMILES string of the molecule is CC[C@@H](C)NC(=O)COc1ccc([N+](=O)[O-])cc1Cl. The maximum Gasteiger partial charge on any atom is 0.271 e. The molecule has 6 nitrogen and oxygen atoms in total. The van der Waals surface area contributed by atoms with Crippen LogP contribution in [0.4, 0.5) is 5.69 Å². The Kier molecular flexibility index (Phi) is 5.57. The van der Waals surface area contributed by atoms with Crippen LogP contribution in [0.2, 0.25) is 5.02 Å². The molecule has 0 aliphatic heterocycles. The summed E-state index contributed by atoms with van der Waals surface area (Å²) in [6, 6.07) is 3.90. The first-order chi connectivity index (χ1) is 8.93. The van der Waals surface area contributed by atoms with E-state index in [2.05, 4.69) is 5.32 Å². The first-order valence-corrected chi connectivity index (χ1v) is 6.18. The molecule has 1 aromatic rings. The number of rotatable bonds is 6. The maximum atomic E-state index is 11.5. The van der Waals surface area contributed by atoms with Crippen molar-refractivity contribution in [3.63, 3.8) is 0 Å². The number of amides is 1. The molecule has 0 heterocycles. The smallest absolute Gasteiger partial charge is 0.271 e. The Hall–Kier alpha value is -1.82. The van der Waals surface area contributed by atoms with E-state index >= 15 is 0 Å². The first-order valence-electron chi connectivity index (χ1n) is 5.80. The van der Waals surface area contributed by atoms with Crippen LogP contribution in [-0.2, 0) is 4.79 Å². The highest BCUT2D eigenvalue weighted by Crippen LogP contribution is 2.28. The number of nitrogens with zero attached hydrogens (tertiary/aromatic N) is 1. The zero-order chi connectivity index (χ0) is 14.4. The van der Waals surface area contributed by atoms with Crippen molar-refractivity contribution in [3.05, 3.63) is 33.3 Å². The molecule has 0 saturated carbocycles. The van der Waals surface area contributed by atoms with Crippen molar-refractivity contribution in [2.24, 2.45) is 0 Å². The molecule has 0 saturated heterocycles.